The highest BCUT2D eigenvalue weighted by Crippen LogP contribution is 2.20. The van der Waals surface area contributed by atoms with Gasteiger partial charge in [0.2, 0.25) is 0 Å². The third kappa shape index (κ3) is 51.0. The summed E-state index contributed by atoms with van der Waals surface area (Å²) in [5.74, 6) is 1.37. The molecule has 80 heavy (non-hydrogen) atoms. The second-order valence-corrected chi connectivity index (χ2v) is 27.0. The van der Waals surface area contributed by atoms with E-state index >= 15 is 0 Å². The second kappa shape index (κ2) is 59.0. The van der Waals surface area contributed by atoms with Crippen LogP contribution < -0.4 is 0 Å². The summed E-state index contributed by atoms with van der Waals surface area (Å²) in [5.41, 5.74) is 0. The van der Waals surface area contributed by atoms with Crippen molar-refractivity contribution in [2.45, 2.75) is 356 Å². The highest BCUT2D eigenvalue weighted by molar-refractivity contribution is 4.78. The highest BCUT2D eigenvalue weighted by atomic mass is 16.3. The van der Waals surface area contributed by atoms with Gasteiger partial charge in [-0.3, -0.25) is 19.6 Å². The number of unbranched alkanes of at least 4 members (excludes halogenated alkanes) is 35. The predicted molar refractivity (Wildman–Crippen MR) is 355 cm³/mol. The van der Waals surface area contributed by atoms with Crippen LogP contribution in [0.4, 0.5) is 0 Å². The number of aliphatic hydroxyl groups is 3. The maximum atomic E-state index is 11.5. The largest absolute Gasteiger partial charge is 0.392 e. The zero-order chi connectivity index (χ0) is 58.2. The maximum absolute atomic E-state index is 11.5. The average Bonchev–Trinajstić information content (AvgIpc) is 3.44. The van der Waals surface area contributed by atoms with E-state index in [0.29, 0.717) is 24.9 Å². The molecule has 0 aromatic rings. The van der Waals surface area contributed by atoms with Crippen LogP contribution in [-0.2, 0) is 0 Å². The van der Waals surface area contributed by atoms with Crippen molar-refractivity contribution in [1.82, 2.24) is 24.5 Å². The molecule has 3 N–H and O–H groups in total. The average molecular weight is 1130 g/mol. The molecule has 1 saturated heterocycles. The van der Waals surface area contributed by atoms with Crippen molar-refractivity contribution in [1.29, 1.82) is 0 Å². The molecule has 0 aliphatic carbocycles. The molecule has 0 bridgehead atoms. The van der Waals surface area contributed by atoms with E-state index in [0.717, 1.165) is 117 Å². The number of hydrogen-bond donors (Lipinski definition) is 3. The summed E-state index contributed by atoms with van der Waals surface area (Å²) in [7, 11) is 0. The molecule has 1 aliphatic heterocycles. The summed E-state index contributed by atoms with van der Waals surface area (Å²) in [6.07, 6.45) is 58.0. The lowest BCUT2D eigenvalue weighted by Crippen LogP contribution is -2.51. The molecule has 5 atom stereocenters. The van der Waals surface area contributed by atoms with Gasteiger partial charge in [0, 0.05) is 98.2 Å². The Morgan fingerprint density at radius 3 is 0.762 bits per heavy atom. The fourth-order valence-corrected chi connectivity index (χ4v) is 12.9. The van der Waals surface area contributed by atoms with E-state index in [1.165, 1.54) is 257 Å². The smallest absolute Gasteiger partial charge is 0.0667 e. The molecule has 1 aliphatic rings. The first-order chi connectivity index (χ1) is 39.1. The first kappa shape index (κ1) is 77.7. The van der Waals surface area contributed by atoms with Gasteiger partial charge >= 0.3 is 0 Å². The summed E-state index contributed by atoms with van der Waals surface area (Å²) in [6.45, 7) is 31.9. The molecule has 8 heteroatoms. The van der Waals surface area contributed by atoms with Gasteiger partial charge in [-0.15, -0.1) is 0 Å². The minimum Gasteiger partial charge on any atom is -0.392 e. The Labute approximate surface area is 503 Å². The van der Waals surface area contributed by atoms with Crippen LogP contribution in [0.5, 0.6) is 0 Å². The molecule has 0 amide bonds. The van der Waals surface area contributed by atoms with Crippen molar-refractivity contribution in [3.8, 4) is 0 Å². The monoisotopic (exact) mass is 1130 g/mol. The van der Waals surface area contributed by atoms with Gasteiger partial charge in [0.1, 0.15) is 0 Å². The number of hydrogen-bond acceptors (Lipinski definition) is 8. The second-order valence-electron chi connectivity index (χ2n) is 27.0. The van der Waals surface area contributed by atoms with Crippen molar-refractivity contribution < 1.29 is 15.3 Å². The standard InChI is InChI=1S/C72H149N5O3/c1-8-13-18-23-28-33-38-43-48-68(6)63-75(60-62-76(64-69(7)49-44-39-34-29-24-19-14-9-2)65-70(78)50-45-40-35-30-25-20-15-10-3)59-57-73-53-55-74(56-54-73)58-61-77(66-71(79)51-46-41-36-31-26-21-16-11-4)67-72(80)52-47-42-37-32-27-22-17-12-5/h68-72,78-80H,8-67H2,1-7H3. The van der Waals surface area contributed by atoms with E-state index < -0.39 is 0 Å². The van der Waals surface area contributed by atoms with Crippen LogP contribution in [0.25, 0.3) is 0 Å². The molecule has 0 spiro atoms. The van der Waals surface area contributed by atoms with Crippen LogP contribution in [0, 0.1) is 11.8 Å². The van der Waals surface area contributed by atoms with Gasteiger partial charge in [-0.05, 0) is 43.9 Å². The van der Waals surface area contributed by atoms with Crippen LogP contribution in [-0.4, -0.2) is 156 Å². The van der Waals surface area contributed by atoms with Crippen molar-refractivity contribution in [2.24, 2.45) is 11.8 Å². The van der Waals surface area contributed by atoms with Crippen LogP contribution in [0.1, 0.15) is 337 Å². The molecule has 8 nitrogen and oxygen atoms in total. The molecule has 1 heterocycles. The van der Waals surface area contributed by atoms with Crippen molar-refractivity contribution in [3.63, 3.8) is 0 Å². The predicted octanol–water partition coefficient (Wildman–Crippen LogP) is 18.5. The Bertz CT molecular complexity index is 1150. The SMILES string of the molecule is CCCCCCCCCCC(C)CN(CCN1CCN(CCN(CC(O)CCCCCCCCCC)CC(O)CCCCCCCCCC)CC1)CCN(CC(C)CCCCCCCCCC)CC(O)CCCCCCCCCC. The van der Waals surface area contributed by atoms with Gasteiger partial charge in [-0.2, -0.15) is 0 Å². The zero-order valence-corrected chi connectivity index (χ0v) is 55.9. The first-order valence-corrected chi connectivity index (χ1v) is 36.8. The van der Waals surface area contributed by atoms with Crippen molar-refractivity contribution in [3.05, 3.63) is 0 Å². The van der Waals surface area contributed by atoms with Crippen LogP contribution >= 0.6 is 0 Å². The van der Waals surface area contributed by atoms with E-state index in [1.54, 1.807) is 0 Å². The third-order valence-corrected chi connectivity index (χ3v) is 18.5. The summed E-state index contributed by atoms with van der Waals surface area (Å²) < 4.78 is 0. The number of aliphatic hydroxyl groups excluding tert-OH is 3. The summed E-state index contributed by atoms with van der Waals surface area (Å²) in [5, 5.41) is 34.1. The van der Waals surface area contributed by atoms with Gasteiger partial charge in [0.15, 0.2) is 0 Å². The van der Waals surface area contributed by atoms with Gasteiger partial charge in [0.05, 0.1) is 18.3 Å². The lowest BCUT2D eigenvalue weighted by Gasteiger charge is -2.38. The number of nitrogens with zero attached hydrogens (tertiary/aromatic N) is 5. The van der Waals surface area contributed by atoms with E-state index in [4.69, 9.17) is 0 Å². The molecule has 0 aromatic carbocycles. The van der Waals surface area contributed by atoms with Gasteiger partial charge in [0.25, 0.3) is 0 Å². The minimum atomic E-state index is -0.312. The molecule has 0 saturated carbocycles. The minimum absolute atomic E-state index is 0.224. The number of piperazine rings is 1. The quantitative estimate of drug-likeness (QED) is 0.0520. The maximum Gasteiger partial charge on any atom is 0.0667 e. The Balaban J connectivity index is 2.94. The normalized spacial score (nSPS) is 15.7. The molecular formula is C72H149N5O3. The topological polar surface area (TPSA) is 76.9 Å². The van der Waals surface area contributed by atoms with E-state index in [9.17, 15) is 15.3 Å². The molecule has 0 aromatic heterocycles. The van der Waals surface area contributed by atoms with Crippen molar-refractivity contribution in [2.75, 3.05) is 98.2 Å². The van der Waals surface area contributed by atoms with E-state index in [1.807, 2.05) is 0 Å². The Hall–Kier alpha value is -0.320. The molecule has 0 radical (unpaired) electrons. The van der Waals surface area contributed by atoms with Crippen molar-refractivity contribution >= 4 is 0 Å². The molecule has 5 unspecified atom stereocenters. The fraction of sp³-hybridized carbons (Fsp3) is 1.00. The van der Waals surface area contributed by atoms with Gasteiger partial charge < -0.3 is 20.2 Å². The zero-order valence-electron chi connectivity index (χ0n) is 55.9. The Kier molecular flexibility index (Phi) is 57.3. The Morgan fingerprint density at radius 2 is 0.475 bits per heavy atom. The molecule has 1 fully saturated rings. The van der Waals surface area contributed by atoms with E-state index in [-0.39, 0.29) is 18.3 Å². The van der Waals surface area contributed by atoms with Gasteiger partial charge in [-0.1, -0.05) is 305 Å². The van der Waals surface area contributed by atoms with Crippen LogP contribution in [0.2, 0.25) is 0 Å². The summed E-state index contributed by atoms with van der Waals surface area (Å²) in [6, 6.07) is 0. The highest BCUT2D eigenvalue weighted by Gasteiger charge is 2.23. The summed E-state index contributed by atoms with van der Waals surface area (Å²) >= 11 is 0. The number of rotatable bonds is 64. The molecule has 1 rings (SSSR count). The lowest BCUT2D eigenvalue weighted by molar-refractivity contribution is 0.0485. The van der Waals surface area contributed by atoms with Gasteiger partial charge in [-0.25, -0.2) is 0 Å². The first-order valence-electron chi connectivity index (χ1n) is 36.8. The van der Waals surface area contributed by atoms with Crippen LogP contribution in [0.15, 0.2) is 0 Å². The summed E-state index contributed by atoms with van der Waals surface area (Å²) in [4.78, 5) is 13.3. The molecule has 480 valence electrons. The lowest BCUT2D eigenvalue weighted by atomic mass is 10.00. The third-order valence-electron chi connectivity index (χ3n) is 18.5. The van der Waals surface area contributed by atoms with E-state index in [2.05, 4.69) is 73.0 Å². The Morgan fingerprint density at radius 1 is 0.263 bits per heavy atom. The fourth-order valence-electron chi connectivity index (χ4n) is 12.9. The van der Waals surface area contributed by atoms with Crippen LogP contribution in [0.3, 0.4) is 0 Å². The molecular weight excluding hydrogens is 983 g/mol.